The van der Waals surface area contributed by atoms with E-state index >= 15 is 0 Å². The SMILES string of the molecule is CCCOc1ccc(C(C(=O)NC2CCCCCC2)N(CCC2=CCCCC2)C(=O)CCl)cc1OC. The Kier molecular flexibility index (Phi) is 11.9. The van der Waals surface area contributed by atoms with E-state index in [2.05, 4.69) is 11.4 Å². The van der Waals surface area contributed by atoms with Gasteiger partial charge in [0.1, 0.15) is 11.9 Å². The zero-order valence-corrected chi connectivity index (χ0v) is 22.8. The van der Waals surface area contributed by atoms with Gasteiger partial charge in [0.2, 0.25) is 11.8 Å². The molecule has 0 aliphatic heterocycles. The summed E-state index contributed by atoms with van der Waals surface area (Å²) in [5.74, 6) is 0.637. The molecule has 1 N–H and O–H groups in total. The van der Waals surface area contributed by atoms with Gasteiger partial charge in [-0.1, -0.05) is 50.3 Å². The lowest BCUT2D eigenvalue weighted by atomic mass is 9.96. The van der Waals surface area contributed by atoms with E-state index in [0.29, 0.717) is 30.2 Å². The number of halogens is 1. The van der Waals surface area contributed by atoms with Crippen molar-refractivity contribution in [3.8, 4) is 11.5 Å². The van der Waals surface area contributed by atoms with Crippen molar-refractivity contribution in [2.45, 2.75) is 96.1 Å². The smallest absolute Gasteiger partial charge is 0.247 e. The molecule has 6 nitrogen and oxygen atoms in total. The second-order valence-electron chi connectivity index (χ2n) is 9.94. The van der Waals surface area contributed by atoms with Crippen molar-refractivity contribution in [3.05, 3.63) is 35.4 Å². The van der Waals surface area contributed by atoms with Crippen LogP contribution in [-0.2, 0) is 9.59 Å². The van der Waals surface area contributed by atoms with Crippen molar-refractivity contribution in [2.75, 3.05) is 26.1 Å². The third kappa shape index (κ3) is 8.16. The van der Waals surface area contributed by atoms with Gasteiger partial charge in [-0.25, -0.2) is 0 Å². The molecule has 7 heteroatoms. The van der Waals surface area contributed by atoms with Crippen LogP contribution >= 0.6 is 11.6 Å². The highest BCUT2D eigenvalue weighted by Crippen LogP contribution is 2.34. The number of hydrogen-bond donors (Lipinski definition) is 1. The van der Waals surface area contributed by atoms with E-state index < -0.39 is 6.04 Å². The molecule has 2 aliphatic rings. The topological polar surface area (TPSA) is 67.9 Å². The third-order valence-electron chi connectivity index (χ3n) is 7.22. The zero-order valence-electron chi connectivity index (χ0n) is 22.0. The van der Waals surface area contributed by atoms with Gasteiger partial charge in [0, 0.05) is 12.6 Å². The fourth-order valence-corrected chi connectivity index (χ4v) is 5.39. The number of amides is 2. The van der Waals surface area contributed by atoms with Crippen molar-refractivity contribution < 1.29 is 19.1 Å². The molecule has 0 aromatic heterocycles. The largest absolute Gasteiger partial charge is 0.493 e. The van der Waals surface area contributed by atoms with Crippen LogP contribution in [0.3, 0.4) is 0 Å². The first kappa shape index (κ1) is 28.4. The fraction of sp³-hybridized carbons (Fsp3) is 0.655. The maximum Gasteiger partial charge on any atom is 0.247 e. The molecule has 0 spiro atoms. The molecule has 2 aliphatic carbocycles. The van der Waals surface area contributed by atoms with Crippen LogP contribution in [0, 0.1) is 0 Å². The summed E-state index contributed by atoms with van der Waals surface area (Å²) in [5, 5.41) is 3.28. The Balaban J connectivity index is 1.92. The first-order valence-electron chi connectivity index (χ1n) is 13.7. The summed E-state index contributed by atoms with van der Waals surface area (Å²) < 4.78 is 11.4. The third-order valence-corrected chi connectivity index (χ3v) is 7.45. The van der Waals surface area contributed by atoms with Crippen LogP contribution in [0.2, 0.25) is 0 Å². The predicted octanol–water partition coefficient (Wildman–Crippen LogP) is 6.32. The van der Waals surface area contributed by atoms with Crippen molar-refractivity contribution in [1.29, 1.82) is 0 Å². The average Bonchev–Trinajstić information content (AvgIpc) is 3.18. The minimum absolute atomic E-state index is 0.130. The molecule has 1 fully saturated rings. The van der Waals surface area contributed by atoms with Gasteiger partial charge >= 0.3 is 0 Å². The number of hydrogen-bond acceptors (Lipinski definition) is 4. The van der Waals surface area contributed by atoms with E-state index in [0.717, 1.165) is 51.4 Å². The highest BCUT2D eigenvalue weighted by molar-refractivity contribution is 6.27. The van der Waals surface area contributed by atoms with Gasteiger partial charge in [-0.2, -0.15) is 0 Å². The number of methoxy groups -OCH3 is 1. The summed E-state index contributed by atoms with van der Waals surface area (Å²) in [6, 6.07) is 4.89. The number of carbonyl (C=O) groups excluding carboxylic acids is 2. The van der Waals surface area contributed by atoms with Crippen molar-refractivity contribution in [3.63, 3.8) is 0 Å². The van der Waals surface area contributed by atoms with Crippen LogP contribution < -0.4 is 14.8 Å². The van der Waals surface area contributed by atoms with Gasteiger partial charge in [0.25, 0.3) is 0 Å². The predicted molar refractivity (Wildman–Crippen MR) is 145 cm³/mol. The van der Waals surface area contributed by atoms with Gasteiger partial charge < -0.3 is 19.7 Å². The van der Waals surface area contributed by atoms with E-state index in [1.165, 1.54) is 31.3 Å². The summed E-state index contributed by atoms with van der Waals surface area (Å²) in [6.07, 6.45) is 15.0. The molecule has 1 atom stereocenters. The normalized spacial score (nSPS) is 17.5. The van der Waals surface area contributed by atoms with Crippen LogP contribution in [0.1, 0.15) is 95.6 Å². The van der Waals surface area contributed by atoms with E-state index in [9.17, 15) is 9.59 Å². The van der Waals surface area contributed by atoms with Crippen molar-refractivity contribution in [2.24, 2.45) is 0 Å². The lowest BCUT2D eigenvalue weighted by Crippen LogP contribution is -2.47. The van der Waals surface area contributed by atoms with Crippen LogP contribution in [0.5, 0.6) is 11.5 Å². The Bertz CT molecular complexity index is 880. The van der Waals surface area contributed by atoms with Gasteiger partial charge in [0.15, 0.2) is 11.5 Å². The Hall–Kier alpha value is -2.21. The summed E-state index contributed by atoms with van der Waals surface area (Å²) in [4.78, 5) is 28.7. The standard InChI is InChI=1S/C29H43ClN2O4/c1-3-19-36-25-16-15-23(20-26(25)35-2)28(29(34)31-24-13-9-4-5-10-14-24)32(27(33)21-30)18-17-22-11-7-6-8-12-22/h11,15-16,20,24,28H,3-10,12-14,17-19,21H2,1-2H3,(H,31,34). The molecular weight excluding hydrogens is 476 g/mol. The lowest BCUT2D eigenvalue weighted by molar-refractivity contribution is -0.139. The quantitative estimate of drug-likeness (QED) is 0.200. The molecule has 1 unspecified atom stereocenters. The minimum atomic E-state index is -0.780. The monoisotopic (exact) mass is 518 g/mol. The number of rotatable bonds is 12. The molecule has 0 saturated heterocycles. The lowest BCUT2D eigenvalue weighted by Gasteiger charge is -2.33. The number of benzene rings is 1. The highest BCUT2D eigenvalue weighted by Gasteiger charge is 2.33. The Morgan fingerprint density at radius 2 is 1.89 bits per heavy atom. The summed E-state index contributed by atoms with van der Waals surface area (Å²) in [6.45, 7) is 3.08. The van der Waals surface area contributed by atoms with Crippen LogP contribution in [0.15, 0.2) is 29.8 Å². The number of alkyl halides is 1. The second-order valence-corrected chi connectivity index (χ2v) is 10.2. The van der Waals surface area contributed by atoms with Gasteiger partial charge in [-0.05, 0) is 69.1 Å². The van der Waals surface area contributed by atoms with Gasteiger partial charge in [-0.3, -0.25) is 9.59 Å². The van der Waals surface area contributed by atoms with E-state index in [1.807, 2.05) is 25.1 Å². The van der Waals surface area contributed by atoms with Crippen LogP contribution in [-0.4, -0.2) is 48.9 Å². The van der Waals surface area contributed by atoms with Crippen molar-refractivity contribution >= 4 is 23.4 Å². The summed E-state index contributed by atoms with van der Waals surface area (Å²) in [7, 11) is 1.59. The molecule has 200 valence electrons. The van der Waals surface area contributed by atoms with E-state index in [-0.39, 0.29) is 23.7 Å². The number of carbonyl (C=O) groups is 2. The van der Waals surface area contributed by atoms with Gasteiger partial charge in [-0.15, -0.1) is 11.6 Å². The maximum atomic E-state index is 13.9. The Labute approximate surface area is 221 Å². The maximum absolute atomic E-state index is 13.9. The number of ether oxygens (including phenoxy) is 2. The Morgan fingerprint density at radius 3 is 2.53 bits per heavy atom. The van der Waals surface area contributed by atoms with Crippen molar-refractivity contribution in [1.82, 2.24) is 10.2 Å². The zero-order chi connectivity index (χ0) is 25.8. The molecule has 2 amide bonds. The van der Waals surface area contributed by atoms with E-state index in [1.54, 1.807) is 12.0 Å². The first-order chi connectivity index (χ1) is 17.6. The fourth-order valence-electron chi connectivity index (χ4n) is 5.23. The molecule has 1 aromatic carbocycles. The molecular formula is C29H43ClN2O4. The molecule has 1 saturated carbocycles. The van der Waals surface area contributed by atoms with Gasteiger partial charge in [0.05, 0.1) is 13.7 Å². The molecule has 3 rings (SSSR count). The molecule has 0 bridgehead atoms. The molecule has 1 aromatic rings. The summed E-state index contributed by atoms with van der Waals surface area (Å²) in [5.41, 5.74) is 2.07. The highest BCUT2D eigenvalue weighted by atomic mass is 35.5. The van der Waals surface area contributed by atoms with Crippen LogP contribution in [0.25, 0.3) is 0 Å². The van der Waals surface area contributed by atoms with Crippen LogP contribution in [0.4, 0.5) is 0 Å². The molecule has 0 heterocycles. The average molecular weight is 519 g/mol. The number of nitrogens with one attached hydrogen (secondary N) is 1. The summed E-state index contributed by atoms with van der Waals surface area (Å²) >= 11 is 6.08. The molecule has 0 radical (unpaired) electrons. The molecule has 36 heavy (non-hydrogen) atoms. The Morgan fingerprint density at radius 1 is 1.11 bits per heavy atom. The number of allylic oxidation sites excluding steroid dienone is 1. The van der Waals surface area contributed by atoms with E-state index in [4.69, 9.17) is 21.1 Å². The number of nitrogens with zero attached hydrogens (tertiary/aromatic N) is 1. The first-order valence-corrected chi connectivity index (χ1v) is 14.2. The minimum Gasteiger partial charge on any atom is -0.493 e. The second kappa shape index (κ2) is 15.1.